The number of nitrogens with zero attached hydrogens (tertiary/aromatic N) is 4. The van der Waals surface area contributed by atoms with Gasteiger partial charge >= 0.3 is 5.97 Å². The molecule has 140 valence electrons. The minimum Gasteiger partial charge on any atom is -0.459 e. The molecule has 1 aromatic rings. The van der Waals surface area contributed by atoms with Crippen LogP contribution in [0.2, 0.25) is 0 Å². The molecule has 0 saturated carbocycles. The molecular formula is C17H29N5O3. The lowest BCUT2D eigenvalue weighted by atomic mass is 10.2. The van der Waals surface area contributed by atoms with Crippen molar-refractivity contribution in [1.29, 1.82) is 0 Å². The van der Waals surface area contributed by atoms with Gasteiger partial charge in [-0.25, -0.2) is 0 Å². The zero-order valence-corrected chi connectivity index (χ0v) is 15.8. The molecule has 8 nitrogen and oxygen atoms in total. The van der Waals surface area contributed by atoms with Gasteiger partial charge < -0.3 is 19.5 Å². The van der Waals surface area contributed by atoms with Crippen LogP contribution in [0.4, 0.5) is 0 Å². The third kappa shape index (κ3) is 6.38. The molecule has 0 atom stereocenters. The van der Waals surface area contributed by atoms with Crippen molar-refractivity contribution in [3.8, 4) is 0 Å². The molecule has 0 spiro atoms. The normalized spacial score (nSPS) is 16.8. The number of esters is 1. The fourth-order valence-electron chi connectivity index (χ4n) is 2.70. The molecule has 0 radical (unpaired) electrons. The van der Waals surface area contributed by atoms with Crippen LogP contribution >= 0.6 is 0 Å². The smallest absolute Gasteiger partial charge is 0.325 e. The van der Waals surface area contributed by atoms with Crippen molar-refractivity contribution in [2.75, 3.05) is 39.8 Å². The third-order valence-electron chi connectivity index (χ3n) is 3.76. The summed E-state index contributed by atoms with van der Waals surface area (Å²) in [7, 11) is 1.72. The van der Waals surface area contributed by atoms with Gasteiger partial charge in [-0.1, -0.05) is 5.16 Å². The number of nitrogens with one attached hydrogen (secondary N) is 1. The van der Waals surface area contributed by atoms with Gasteiger partial charge in [-0.3, -0.25) is 14.7 Å². The number of guanidine groups is 1. The van der Waals surface area contributed by atoms with E-state index in [-0.39, 0.29) is 12.5 Å². The number of aliphatic imine (C=N–C) groups is 1. The highest BCUT2D eigenvalue weighted by atomic mass is 16.6. The van der Waals surface area contributed by atoms with Crippen molar-refractivity contribution in [1.82, 2.24) is 20.3 Å². The van der Waals surface area contributed by atoms with Gasteiger partial charge in [-0.15, -0.1) is 0 Å². The van der Waals surface area contributed by atoms with Crippen LogP contribution in [0.5, 0.6) is 0 Å². The summed E-state index contributed by atoms with van der Waals surface area (Å²) in [4.78, 5) is 20.6. The van der Waals surface area contributed by atoms with E-state index in [0.717, 1.165) is 50.1 Å². The van der Waals surface area contributed by atoms with Crippen LogP contribution in [-0.4, -0.2) is 72.3 Å². The van der Waals surface area contributed by atoms with Crippen LogP contribution in [0.25, 0.3) is 0 Å². The van der Waals surface area contributed by atoms with Gasteiger partial charge in [0.15, 0.2) is 5.96 Å². The van der Waals surface area contributed by atoms with E-state index in [0.29, 0.717) is 0 Å². The Morgan fingerprint density at radius 1 is 1.36 bits per heavy atom. The number of hydrogen-bond acceptors (Lipinski definition) is 6. The average molecular weight is 351 g/mol. The van der Waals surface area contributed by atoms with Crippen LogP contribution in [0.3, 0.4) is 0 Å². The Hall–Kier alpha value is -2.09. The predicted octanol–water partition coefficient (Wildman–Crippen LogP) is 1.02. The van der Waals surface area contributed by atoms with E-state index in [1.807, 2.05) is 33.8 Å². The summed E-state index contributed by atoms with van der Waals surface area (Å²) in [6, 6.07) is 1.97. The average Bonchev–Trinajstić information content (AvgIpc) is 2.93. The Morgan fingerprint density at radius 3 is 2.56 bits per heavy atom. The first-order valence-electron chi connectivity index (χ1n) is 8.59. The molecule has 0 aliphatic carbocycles. The Morgan fingerprint density at radius 2 is 2.04 bits per heavy atom. The third-order valence-corrected chi connectivity index (χ3v) is 3.76. The van der Waals surface area contributed by atoms with Gasteiger partial charge in [0.05, 0.1) is 5.69 Å². The summed E-state index contributed by atoms with van der Waals surface area (Å²) in [5.74, 6) is 1.27. The molecule has 1 N–H and O–H groups in total. The maximum Gasteiger partial charge on any atom is 0.325 e. The van der Waals surface area contributed by atoms with Crippen molar-refractivity contribution >= 4 is 11.9 Å². The summed E-state index contributed by atoms with van der Waals surface area (Å²) in [6.45, 7) is 11.8. The SMILES string of the molecule is CN=C(NCC(=O)OC(C)(C)C)N1CCN(Cc2cc(C)on2)CC1. The molecule has 1 fully saturated rings. The maximum absolute atomic E-state index is 11.8. The highest BCUT2D eigenvalue weighted by Gasteiger charge is 2.22. The lowest BCUT2D eigenvalue weighted by Gasteiger charge is -2.36. The summed E-state index contributed by atoms with van der Waals surface area (Å²) in [5, 5.41) is 7.13. The largest absolute Gasteiger partial charge is 0.459 e. The quantitative estimate of drug-likeness (QED) is 0.492. The second-order valence-electron chi connectivity index (χ2n) is 7.18. The molecule has 1 aliphatic rings. The van der Waals surface area contributed by atoms with E-state index in [1.165, 1.54) is 0 Å². The molecule has 2 rings (SSSR count). The number of aromatic nitrogens is 1. The molecule has 1 aromatic heterocycles. The number of hydrogen-bond donors (Lipinski definition) is 1. The van der Waals surface area contributed by atoms with E-state index < -0.39 is 5.60 Å². The predicted molar refractivity (Wildman–Crippen MR) is 95.3 cm³/mol. The first kappa shape index (κ1) is 19.2. The van der Waals surface area contributed by atoms with Crippen molar-refractivity contribution in [3.63, 3.8) is 0 Å². The summed E-state index contributed by atoms with van der Waals surface area (Å²) < 4.78 is 10.4. The van der Waals surface area contributed by atoms with E-state index in [4.69, 9.17) is 9.26 Å². The number of aryl methyl sites for hydroxylation is 1. The van der Waals surface area contributed by atoms with Gasteiger partial charge in [0.25, 0.3) is 0 Å². The second kappa shape index (κ2) is 8.33. The Kier molecular flexibility index (Phi) is 6.41. The Balaban J connectivity index is 1.76. The molecule has 0 bridgehead atoms. The van der Waals surface area contributed by atoms with Crippen LogP contribution < -0.4 is 5.32 Å². The molecule has 8 heteroatoms. The standard InChI is InChI=1S/C17H29N5O3/c1-13-10-14(20-25-13)12-21-6-8-22(9-7-21)16(18-5)19-11-15(23)24-17(2,3)4/h10H,6-9,11-12H2,1-5H3,(H,18,19). The van der Waals surface area contributed by atoms with Gasteiger partial charge in [-0.2, -0.15) is 0 Å². The molecule has 0 unspecified atom stereocenters. The number of rotatable bonds is 4. The highest BCUT2D eigenvalue weighted by Crippen LogP contribution is 2.09. The molecular weight excluding hydrogens is 322 g/mol. The zero-order chi connectivity index (χ0) is 18.4. The first-order valence-corrected chi connectivity index (χ1v) is 8.59. The van der Waals surface area contributed by atoms with Crippen molar-refractivity contribution in [2.45, 2.75) is 39.8 Å². The van der Waals surface area contributed by atoms with Gasteiger partial charge in [-0.05, 0) is 27.7 Å². The second-order valence-corrected chi connectivity index (χ2v) is 7.18. The van der Waals surface area contributed by atoms with E-state index in [2.05, 4.69) is 25.3 Å². The molecule has 25 heavy (non-hydrogen) atoms. The fourth-order valence-corrected chi connectivity index (χ4v) is 2.70. The fraction of sp³-hybridized carbons (Fsp3) is 0.706. The van der Waals surface area contributed by atoms with Crippen LogP contribution in [0.1, 0.15) is 32.2 Å². The monoisotopic (exact) mass is 351 g/mol. The maximum atomic E-state index is 11.8. The van der Waals surface area contributed by atoms with Crippen LogP contribution in [0, 0.1) is 6.92 Å². The van der Waals surface area contributed by atoms with E-state index in [1.54, 1.807) is 7.05 Å². The van der Waals surface area contributed by atoms with Crippen molar-refractivity contribution in [3.05, 3.63) is 17.5 Å². The summed E-state index contributed by atoms with van der Waals surface area (Å²) in [5.41, 5.74) is 0.478. The lowest BCUT2D eigenvalue weighted by Crippen LogP contribution is -2.53. The topological polar surface area (TPSA) is 83.2 Å². The first-order chi connectivity index (χ1) is 11.8. The lowest BCUT2D eigenvalue weighted by molar-refractivity contribution is -0.153. The highest BCUT2D eigenvalue weighted by molar-refractivity contribution is 5.84. The summed E-state index contributed by atoms with van der Waals surface area (Å²) in [6.07, 6.45) is 0. The molecule has 1 aliphatic heterocycles. The molecule has 0 aromatic carbocycles. The van der Waals surface area contributed by atoms with Crippen LogP contribution in [-0.2, 0) is 16.1 Å². The van der Waals surface area contributed by atoms with Crippen molar-refractivity contribution in [2.24, 2.45) is 4.99 Å². The molecule has 1 saturated heterocycles. The van der Waals surface area contributed by atoms with E-state index >= 15 is 0 Å². The molecule has 2 heterocycles. The number of carbonyl (C=O) groups is 1. The summed E-state index contributed by atoms with van der Waals surface area (Å²) >= 11 is 0. The van der Waals surface area contributed by atoms with Crippen LogP contribution in [0.15, 0.2) is 15.6 Å². The zero-order valence-electron chi connectivity index (χ0n) is 15.8. The van der Waals surface area contributed by atoms with E-state index in [9.17, 15) is 4.79 Å². The number of ether oxygens (including phenoxy) is 1. The minimum absolute atomic E-state index is 0.113. The van der Waals surface area contributed by atoms with Gasteiger partial charge in [0.2, 0.25) is 0 Å². The van der Waals surface area contributed by atoms with Crippen molar-refractivity contribution < 1.29 is 14.1 Å². The Labute approximate surface area is 149 Å². The minimum atomic E-state index is -0.479. The molecule has 0 amide bonds. The van der Waals surface area contributed by atoms with Gasteiger partial charge in [0.1, 0.15) is 17.9 Å². The Bertz CT molecular complexity index is 598. The number of carbonyl (C=O) groups excluding carboxylic acids is 1. The van der Waals surface area contributed by atoms with Gasteiger partial charge in [0, 0.05) is 45.8 Å². The number of piperazine rings is 1.